The lowest BCUT2D eigenvalue weighted by Gasteiger charge is -2.34. The first-order valence-electron chi connectivity index (χ1n) is 6.60. The molecule has 0 spiro atoms. The first kappa shape index (κ1) is 14.2. The van der Waals surface area contributed by atoms with Gasteiger partial charge in [0, 0.05) is 11.6 Å². The fourth-order valence-corrected chi connectivity index (χ4v) is 2.95. The number of ether oxygens (including phenoxy) is 1. The molecule has 1 aromatic rings. The van der Waals surface area contributed by atoms with Crippen LogP contribution in [0, 0.1) is 11.3 Å². The summed E-state index contributed by atoms with van der Waals surface area (Å²) < 4.78 is 5.05. The lowest BCUT2D eigenvalue weighted by Crippen LogP contribution is -2.38. The van der Waals surface area contributed by atoms with Crippen molar-refractivity contribution in [3.63, 3.8) is 0 Å². The molecule has 1 fully saturated rings. The maximum atomic E-state index is 11.8. The van der Waals surface area contributed by atoms with Crippen molar-refractivity contribution >= 4 is 5.97 Å². The number of phenolic OH excluding ortho intramolecular Hbond substituents is 1. The molecule has 0 heterocycles. The van der Waals surface area contributed by atoms with Crippen molar-refractivity contribution in [3.05, 3.63) is 23.3 Å². The third-order valence-corrected chi connectivity index (χ3v) is 4.06. The monoisotopic (exact) mass is 275 g/mol. The molecule has 106 valence electrons. The highest BCUT2D eigenvalue weighted by Crippen LogP contribution is 2.46. The van der Waals surface area contributed by atoms with E-state index in [4.69, 9.17) is 10.00 Å². The standard InChI is InChI=1S/C15H17NO4/c1-20-12-8-10(9-16)7-11(13(12)17)15(14(18)19)5-3-2-4-6-15/h7-8,17H,2-6H2,1H3,(H,18,19). The summed E-state index contributed by atoms with van der Waals surface area (Å²) in [4.78, 5) is 11.8. The van der Waals surface area contributed by atoms with Crippen LogP contribution in [-0.2, 0) is 10.2 Å². The Hall–Kier alpha value is -2.22. The molecule has 0 aliphatic heterocycles. The van der Waals surface area contributed by atoms with E-state index in [1.165, 1.54) is 19.2 Å². The number of phenols is 1. The molecule has 5 heteroatoms. The number of aromatic hydroxyl groups is 1. The van der Waals surface area contributed by atoms with Crippen LogP contribution in [0.25, 0.3) is 0 Å². The summed E-state index contributed by atoms with van der Waals surface area (Å²) in [5.74, 6) is -0.981. The number of nitrogens with zero attached hydrogens (tertiary/aromatic N) is 1. The molecule has 0 bridgehead atoms. The Bertz CT molecular complexity index is 568. The molecule has 1 aliphatic rings. The van der Waals surface area contributed by atoms with E-state index >= 15 is 0 Å². The number of carboxylic acids is 1. The normalized spacial score (nSPS) is 17.2. The van der Waals surface area contributed by atoms with Crippen molar-refractivity contribution in [1.29, 1.82) is 5.26 Å². The first-order valence-corrected chi connectivity index (χ1v) is 6.60. The van der Waals surface area contributed by atoms with E-state index < -0.39 is 11.4 Å². The fourth-order valence-electron chi connectivity index (χ4n) is 2.95. The Morgan fingerprint density at radius 1 is 1.35 bits per heavy atom. The molecule has 0 unspecified atom stereocenters. The Balaban J connectivity index is 2.65. The molecule has 0 amide bonds. The zero-order valence-electron chi connectivity index (χ0n) is 11.3. The van der Waals surface area contributed by atoms with Crippen molar-refractivity contribution in [3.8, 4) is 17.6 Å². The average molecular weight is 275 g/mol. The van der Waals surface area contributed by atoms with Gasteiger partial charge in [-0.1, -0.05) is 19.3 Å². The van der Waals surface area contributed by atoms with Crippen LogP contribution >= 0.6 is 0 Å². The smallest absolute Gasteiger partial charge is 0.314 e. The average Bonchev–Trinajstić information content (AvgIpc) is 2.48. The predicted octanol–water partition coefficient (Wildman–Crippen LogP) is 2.56. The van der Waals surface area contributed by atoms with E-state index in [1.807, 2.05) is 6.07 Å². The maximum Gasteiger partial charge on any atom is 0.314 e. The van der Waals surface area contributed by atoms with Crippen LogP contribution in [0.3, 0.4) is 0 Å². The van der Waals surface area contributed by atoms with Crippen LogP contribution in [0.15, 0.2) is 12.1 Å². The van der Waals surface area contributed by atoms with Crippen molar-refractivity contribution in [2.45, 2.75) is 37.5 Å². The second kappa shape index (κ2) is 5.41. The van der Waals surface area contributed by atoms with Gasteiger partial charge in [-0.15, -0.1) is 0 Å². The molecule has 1 saturated carbocycles. The molecule has 0 aromatic heterocycles. The summed E-state index contributed by atoms with van der Waals surface area (Å²) in [5.41, 5.74) is -0.538. The summed E-state index contributed by atoms with van der Waals surface area (Å²) in [7, 11) is 1.38. The van der Waals surface area contributed by atoms with Crippen molar-refractivity contribution in [2.24, 2.45) is 0 Å². The van der Waals surface area contributed by atoms with Crippen molar-refractivity contribution in [2.75, 3.05) is 7.11 Å². The van der Waals surface area contributed by atoms with E-state index in [1.54, 1.807) is 0 Å². The minimum Gasteiger partial charge on any atom is -0.504 e. The third-order valence-electron chi connectivity index (χ3n) is 4.06. The van der Waals surface area contributed by atoms with Crippen LogP contribution < -0.4 is 4.74 Å². The molecule has 1 aliphatic carbocycles. The maximum absolute atomic E-state index is 11.8. The highest BCUT2D eigenvalue weighted by molar-refractivity contribution is 5.83. The number of nitriles is 1. The van der Waals surface area contributed by atoms with Crippen LogP contribution in [0.4, 0.5) is 0 Å². The number of benzene rings is 1. The second-order valence-corrected chi connectivity index (χ2v) is 5.13. The summed E-state index contributed by atoms with van der Waals surface area (Å²) in [6.07, 6.45) is 3.52. The number of carboxylic acid groups (broad SMARTS) is 1. The molecular weight excluding hydrogens is 258 g/mol. The third kappa shape index (κ3) is 2.18. The van der Waals surface area contributed by atoms with Gasteiger partial charge in [-0.2, -0.15) is 5.26 Å². The van der Waals surface area contributed by atoms with E-state index in [2.05, 4.69) is 0 Å². The van der Waals surface area contributed by atoms with Gasteiger partial charge in [0.2, 0.25) is 0 Å². The van der Waals surface area contributed by atoms with Gasteiger partial charge < -0.3 is 14.9 Å². The first-order chi connectivity index (χ1) is 9.55. The van der Waals surface area contributed by atoms with Gasteiger partial charge in [0.25, 0.3) is 0 Å². The second-order valence-electron chi connectivity index (χ2n) is 5.13. The number of hydrogen-bond donors (Lipinski definition) is 2. The number of methoxy groups -OCH3 is 1. The molecule has 2 rings (SSSR count). The molecule has 0 radical (unpaired) electrons. The Morgan fingerprint density at radius 3 is 2.50 bits per heavy atom. The van der Waals surface area contributed by atoms with Gasteiger partial charge in [0.1, 0.15) is 0 Å². The van der Waals surface area contributed by atoms with Gasteiger partial charge in [-0.25, -0.2) is 0 Å². The minimum atomic E-state index is -1.12. The molecule has 0 atom stereocenters. The van der Waals surface area contributed by atoms with Crippen LogP contribution in [-0.4, -0.2) is 23.3 Å². The Morgan fingerprint density at radius 2 is 2.00 bits per heavy atom. The highest BCUT2D eigenvalue weighted by atomic mass is 16.5. The number of aliphatic carboxylic acids is 1. The van der Waals surface area contributed by atoms with E-state index in [0.29, 0.717) is 24.0 Å². The number of rotatable bonds is 3. The molecule has 1 aromatic carbocycles. The molecule has 5 nitrogen and oxygen atoms in total. The zero-order valence-corrected chi connectivity index (χ0v) is 11.3. The quantitative estimate of drug-likeness (QED) is 0.884. The fraction of sp³-hybridized carbons (Fsp3) is 0.467. The van der Waals surface area contributed by atoms with Gasteiger partial charge in [-0.05, 0) is 18.9 Å². The van der Waals surface area contributed by atoms with Crippen molar-refractivity contribution < 1.29 is 19.7 Å². The molecular formula is C15H17NO4. The van der Waals surface area contributed by atoms with Crippen LogP contribution in [0.1, 0.15) is 43.2 Å². The van der Waals surface area contributed by atoms with Crippen LogP contribution in [0.5, 0.6) is 11.5 Å². The summed E-state index contributed by atoms with van der Waals surface area (Å²) in [5, 5.41) is 29.0. The molecule has 2 N–H and O–H groups in total. The predicted molar refractivity (Wildman–Crippen MR) is 71.8 cm³/mol. The molecule has 20 heavy (non-hydrogen) atoms. The Kier molecular flexibility index (Phi) is 3.84. The van der Waals surface area contributed by atoms with E-state index in [-0.39, 0.29) is 11.5 Å². The van der Waals surface area contributed by atoms with Crippen molar-refractivity contribution in [1.82, 2.24) is 0 Å². The number of carbonyl (C=O) groups is 1. The van der Waals surface area contributed by atoms with E-state index in [9.17, 15) is 15.0 Å². The lowest BCUT2D eigenvalue weighted by atomic mass is 9.69. The van der Waals surface area contributed by atoms with E-state index in [0.717, 1.165) is 19.3 Å². The topological polar surface area (TPSA) is 90.5 Å². The summed E-state index contributed by atoms with van der Waals surface area (Å²) in [6, 6.07) is 4.86. The summed E-state index contributed by atoms with van der Waals surface area (Å²) in [6.45, 7) is 0. The Labute approximate surface area is 117 Å². The lowest BCUT2D eigenvalue weighted by molar-refractivity contribution is -0.145. The van der Waals surface area contributed by atoms with Gasteiger partial charge >= 0.3 is 5.97 Å². The SMILES string of the molecule is COc1cc(C#N)cc(C2(C(=O)O)CCCCC2)c1O. The largest absolute Gasteiger partial charge is 0.504 e. The van der Waals surface area contributed by atoms with Gasteiger partial charge in [0.15, 0.2) is 11.5 Å². The highest BCUT2D eigenvalue weighted by Gasteiger charge is 2.44. The summed E-state index contributed by atoms with van der Waals surface area (Å²) >= 11 is 0. The number of hydrogen-bond acceptors (Lipinski definition) is 4. The molecule has 0 saturated heterocycles. The van der Waals surface area contributed by atoms with Gasteiger partial charge in [-0.3, -0.25) is 4.79 Å². The zero-order chi connectivity index (χ0) is 14.8. The van der Waals surface area contributed by atoms with Gasteiger partial charge in [0.05, 0.1) is 24.2 Å². The minimum absolute atomic E-state index is 0.144. The van der Waals surface area contributed by atoms with Crippen LogP contribution in [0.2, 0.25) is 0 Å².